The summed E-state index contributed by atoms with van der Waals surface area (Å²) in [5.74, 6) is -1.15. The molecule has 0 spiro atoms. The Balaban J connectivity index is 0.00000112. The molecule has 2 heterocycles. The van der Waals surface area contributed by atoms with Gasteiger partial charge in [0.1, 0.15) is 0 Å². The number of pyridine rings is 1. The number of fused-ring (bicyclic) bond motifs is 1. The molecule has 0 aliphatic carbocycles. The molecule has 1 aromatic heterocycles. The van der Waals surface area contributed by atoms with E-state index in [0.29, 0.717) is 0 Å². The standard InChI is InChI=1S/C9H5NO4.H2O/c11-7-3-4-8(12)14-9-6(13-7)2-1-5-10-9;/h1-5H;1H2/b4-3+;. The summed E-state index contributed by atoms with van der Waals surface area (Å²) in [5, 5.41) is 0. The molecule has 78 valence electrons. The van der Waals surface area contributed by atoms with Gasteiger partial charge >= 0.3 is 11.9 Å². The Labute approximate surface area is 84.4 Å². The van der Waals surface area contributed by atoms with Crippen LogP contribution in [0.15, 0.2) is 30.5 Å². The molecule has 6 nitrogen and oxygen atoms in total. The highest BCUT2D eigenvalue weighted by Crippen LogP contribution is 2.24. The van der Waals surface area contributed by atoms with E-state index in [1.165, 1.54) is 12.3 Å². The Morgan fingerprint density at radius 1 is 1.07 bits per heavy atom. The van der Waals surface area contributed by atoms with Crippen molar-refractivity contribution in [2.24, 2.45) is 0 Å². The van der Waals surface area contributed by atoms with E-state index in [1.807, 2.05) is 0 Å². The molecule has 0 radical (unpaired) electrons. The third-order valence-electron chi connectivity index (χ3n) is 1.50. The van der Waals surface area contributed by atoms with Crippen molar-refractivity contribution in [2.75, 3.05) is 0 Å². The maximum atomic E-state index is 11.0. The van der Waals surface area contributed by atoms with E-state index < -0.39 is 11.9 Å². The van der Waals surface area contributed by atoms with Crippen LogP contribution in [0.5, 0.6) is 11.6 Å². The van der Waals surface area contributed by atoms with Gasteiger partial charge in [0.25, 0.3) is 5.88 Å². The van der Waals surface area contributed by atoms with E-state index in [-0.39, 0.29) is 17.1 Å². The molecule has 2 rings (SSSR count). The van der Waals surface area contributed by atoms with E-state index in [1.54, 1.807) is 6.07 Å². The first-order valence-corrected chi connectivity index (χ1v) is 3.82. The molecule has 0 saturated heterocycles. The second kappa shape index (κ2) is 4.34. The van der Waals surface area contributed by atoms with Gasteiger partial charge in [-0.25, -0.2) is 14.6 Å². The maximum absolute atomic E-state index is 11.0. The topological polar surface area (TPSA) is 97.0 Å². The van der Waals surface area contributed by atoms with Gasteiger partial charge in [0.2, 0.25) is 0 Å². The van der Waals surface area contributed by atoms with Gasteiger partial charge in [0, 0.05) is 18.3 Å². The first-order valence-electron chi connectivity index (χ1n) is 3.82. The zero-order valence-electron chi connectivity index (χ0n) is 7.47. The summed E-state index contributed by atoms with van der Waals surface area (Å²) in [5.41, 5.74) is 0. The van der Waals surface area contributed by atoms with E-state index in [2.05, 4.69) is 4.98 Å². The Morgan fingerprint density at radius 2 is 1.73 bits per heavy atom. The lowest BCUT2D eigenvalue weighted by atomic mass is 10.4. The molecule has 0 bridgehead atoms. The van der Waals surface area contributed by atoms with Crippen LogP contribution in [0.2, 0.25) is 0 Å². The van der Waals surface area contributed by atoms with E-state index >= 15 is 0 Å². The van der Waals surface area contributed by atoms with E-state index in [4.69, 9.17) is 9.47 Å². The largest absolute Gasteiger partial charge is 0.418 e. The molecular formula is C9H7NO5. The fraction of sp³-hybridized carbons (Fsp3) is 0. The van der Waals surface area contributed by atoms with Crippen LogP contribution >= 0.6 is 0 Å². The zero-order valence-corrected chi connectivity index (χ0v) is 7.47. The van der Waals surface area contributed by atoms with E-state index in [0.717, 1.165) is 12.2 Å². The van der Waals surface area contributed by atoms with Crippen molar-refractivity contribution in [1.82, 2.24) is 4.98 Å². The summed E-state index contributed by atoms with van der Waals surface area (Å²) in [6.07, 6.45) is 3.42. The van der Waals surface area contributed by atoms with Gasteiger partial charge < -0.3 is 14.9 Å². The maximum Gasteiger partial charge on any atom is 0.337 e. The molecule has 1 aliphatic heterocycles. The predicted molar refractivity (Wildman–Crippen MR) is 48.3 cm³/mol. The van der Waals surface area contributed by atoms with Gasteiger partial charge in [0.15, 0.2) is 5.75 Å². The van der Waals surface area contributed by atoms with Crippen molar-refractivity contribution in [2.45, 2.75) is 0 Å². The molecule has 0 amide bonds. The lowest BCUT2D eigenvalue weighted by molar-refractivity contribution is -0.133. The highest BCUT2D eigenvalue weighted by Gasteiger charge is 2.15. The van der Waals surface area contributed by atoms with Gasteiger partial charge in [-0.05, 0) is 12.1 Å². The molecule has 2 N–H and O–H groups in total. The summed E-state index contributed by atoms with van der Waals surface area (Å²) >= 11 is 0. The van der Waals surface area contributed by atoms with E-state index in [9.17, 15) is 9.59 Å². The Bertz CT molecular complexity index is 387. The first kappa shape index (κ1) is 10.9. The van der Waals surface area contributed by atoms with Crippen LogP contribution < -0.4 is 9.47 Å². The van der Waals surface area contributed by atoms with Crippen LogP contribution in [-0.2, 0) is 9.59 Å². The number of esters is 2. The highest BCUT2D eigenvalue weighted by atomic mass is 16.6. The number of hydrogen-bond donors (Lipinski definition) is 0. The molecule has 0 fully saturated rings. The van der Waals surface area contributed by atoms with Crippen molar-refractivity contribution in [1.29, 1.82) is 0 Å². The van der Waals surface area contributed by atoms with Gasteiger partial charge in [-0.3, -0.25) is 0 Å². The predicted octanol–water partition coefficient (Wildman–Crippen LogP) is -0.363. The van der Waals surface area contributed by atoms with Gasteiger partial charge in [0.05, 0.1) is 0 Å². The normalized spacial score (nSPS) is 16.0. The number of ether oxygens (including phenoxy) is 2. The highest BCUT2D eigenvalue weighted by molar-refractivity contribution is 5.94. The number of carbonyl (C=O) groups is 2. The van der Waals surface area contributed by atoms with Crippen LogP contribution in [0, 0.1) is 0 Å². The number of aromatic nitrogens is 1. The molecular weight excluding hydrogens is 202 g/mol. The summed E-state index contributed by atoms with van der Waals surface area (Å²) < 4.78 is 9.59. The monoisotopic (exact) mass is 209 g/mol. The lowest BCUT2D eigenvalue weighted by Gasteiger charge is -2.08. The molecule has 0 aromatic carbocycles. The summed E-state index contributed by atoms with van der Waals surface area (Å²) in [6, 6.07) is 3.07. The average molecular weight is 209 g/mol. The van der Waals surface area contributed by atoms with Crippen molar-refractivity contribution in [3.05, 3.63) is 30.5 Å². The fourth-order valence-electron chi connectivity index (χ4n) is 0.938. The molecule has 0 atom stereocenters. The number of nitrogens with zero attached hydrogens (tertiary/aromatic N) is 1. The number of hydrogen-bond acceptors (Lipinski definition) is 5. The Kier molecular flexibility index (Phi) is 3.14. The zero-order chi connectivity index (χ0) is 9.97. The quantitative estimate of drug-likeness (QED) is 0.543. The first-order chi connectivity index (χ1) is 6.75. The molecule has 15 heavy (non-hydrogen) atoms. The summed E-state index contributed by atoms with van der Waals surface area (Å²) in [4.78, 5) is 25.7. The minimum absolute atomic E-state index is 0. The second-order valence-electron chi connectivity index (χ2n) is 2.48. The number of carbonyl (C=O) groups excluding carboxylic acids is 2. The van der Waals surface area contributed by atoms with Gasteiger partial charge in [-0.2, -0.15) is 0 Å². The van der Waals surface area contributed by atoms with Gasteiger partial charge in [-0.15, -0.1) is 0 Å². The molecule has 0 saturated carbocycles. The minimum atomic E-state index is -0.651. The fourth-order valence-corrected chi connectivity index (χ4v) is 0.938. The third-order valence-corrected chi connectivity index (χ3v) is 1.50. The van der Waals surface area contributed by atoms with Crippen LogP contribution in [0.25, 0.3) is 0 Å². The SMILES string of the molecule is O.O=C1/C=C/C(=O)Oc2ncccc2O1. The van der Waals surface area contributed by atoms with Gasteiger partial charge in [-0.1, -0.05) is 0 Å². The number of rotatable bonds is 0. The molecule has 6 heteroatoms. The summed E-state index contributed by atoms with van der Waals surface area (Å²) in [7, 11) is 0. The van der Waals surface area contributed by atoms with Crippen molar-refractivity contribution < 1.29 is 24.5 Å². The average Bonchev–Trinajstić information content (AvgIpc) is 2.16. The van der Waals surface area contributed by atoms with Crippen LogP contribution in [0.4, 0.5) is 0 Å². The smallest absolute Gasteiger partial charge is 0.337 e. The lowest BCUT2D eigenvalue weighted by Crippen LogP contribution is -2.14. The van der Waals surface area contributed by atoms with Crippen molar-refractivity contribution in [3.8, 4) is 11.6 Å². The molecule has 1 aliphatic rings. The molecule has 1 aromatic rings. The Hall–Kier alpha value is -2.21. The minimum Gasteiger partial charge on any atom is -0.418 e. The van der Waals surface area contributed by atoms with Crippen molar-refractivity contribution in [3.63, 3.8) is 0 Å². The van der Waals surface area contributed by atoms with Crippen LogP contribution in [0.3, 0.4) is 0 Å². The van der Waals surface area contributed by atoms with Crippen LogP contribution in [-0.4, -0.2) is 22.4 Å². The third kappa shape index (κ3) is 2.38. The van der Waals surface area contributed by atoms with Crippen LogP contribution in [0.1, 0.15) is 0 Å². The van der Waals surface area contributed by atoms with Crippen molar-refractivity contribution >= 4 is 11.9 Å². The Morgan fingerprint density at radius 3 is 2.47 bits per heavy atom. The second-order valence-corrected chi connectivity index (χ2v) is 2.48. The summed E-state index contributed by atoms with van der Waals surface area (Å²) in [6.45, 7) is 0. The molecule has 0 unspecified atom stereocenters.